The summed E-state index contributed by atoms with van der Waals surface area (Å²) in [6.07, 6.45) is 0.0907. The molecule has 11 heteroatoms. The molecule has 3 rings (SSSR count). The van der Waals surface area contributed by atoms with Crippen LogP contribution in [0, 0.1) is 16.0 Å². The number of benzene rings is 1. The fourth-order valence-corrected chi connectivity index (χ4v) is 4.64. The van der Waals surface area contributed by atoms with Crippen molar-refractivity contribution in [2.24, 2.45) is 5.92 Å². The molecule has 0 aliphatic carbocycles. The summed E-state index contributed by atoms with van der Waals surface area (Å²) >= 11 is 0. The maximum Gasteiger partial charge on any atom is 0.410 e. The molecule has 152 valence electrons. The number of ether oxygens (including phenoxy) is 1. The maximum atomic E-state index is 12.7. The Morgan fingerprint density at radius 1 is 1.43 bits per heavy atom. The molecule has 1 atom stereocenters. The number of nitro benzene ring substituents is 1. The zero-order chi connectivity index (χ0) is 20.7. The van der Waals surface area contributed by atoms with Crippen LogP contribution in [0.2, 0.25) is 0 Å². The molecule has 0 radical (unpaired) electrons. The van der Waals surface area contributed by atoms with Crippen LogP contribution in [0.15, 0.2) is 23.4 Å². The average molecular weight is 410 g/mol. The fourth-order valence-electron chi connectivity index (χ4n) is 3.09. The van der Waals surface area contributed by atoms with Crippen LogP contribution in [0.3, 0.4) is 0 Å². The zero-order valence-corrected chi connectivity index (χ0v) is 16.7. The number of amides is 1. The number of hydrogen-bond donors (Lipinski definition) is 1. The Hall–Kier alpha value is -2.69. The number of hydrogen-bond acceptors (Lipinski definition) is 7. The number of non-ortho nitro benzene ring substituents is 1. The normalized spacial score (nSPS) is 17.8. The van der Waals surface area contributed by atoms with Crippen molar-refractivity contribution >= 4 is 32.7 Å². The van der Waals surface area contributed by atoms with E-state index in [9.17, 15) is 23.3 Å². The van der Waals surface area contributed by atoms with E-state index in [2.05, 4.69) is 9.97 Å². The fraction of sp³-hybridized carbons (Fsp3) is 0.529. The van der Waals surface area contributed by atoms with E-state index in [0.29, 0.717) is 25.0 Å². The number of carbonyl (C=O) groups is 1. The lowest BCUT2D eigenvalue weighted by Crippen LogP contribution is -2.35. The third-order valence-corrected chi connectivity index (χ3v) is 6.03. The van der Waals surface area contributed by atoms with Crippen molar-refractivity contribution in [2.75, 3.05) is 18.8 Å². The van der Waals surface area contributed by atoms with Gasteiger partial charge in [-0.05, 0) is 39.2 Å². The number of aromatic amines is 1. The molecule has 2 aromatic rings. The van der Waals surface area contributed by atoms with Crippen LogP contribution < -0.4 is 0 Å². The van der Waals surface area contributed by atoms with Gasteiger partial charge in [0.05, 0.1) is 21.7 Å². The highest BCUT2D eigenvalue weighted by Crippen LogP contribution is 2.25. The van der Waals surface area contributed by atoms with Crippen LogP contribution >= 0.6 is 0 Å². The first kappa shape index (κ1) is 20.1. The summed E-state index contributed by atoms with van der Waals surface area (Å²) in [5.74, 6) is -0.408. The molecule has 1 aliphatic heterocycles. The molecule has 2 heterocycles. The second kappa shape index (κ2) is 7.04. The number of likely N-dealkylation sites (tertiary alicyclic amines) is 1. The third-order valence-electron chi connectivity index (χ3n) is 4.34. The van der Waals surface area contributed by atoms with E-state index in [4.69, 9.17) is 4.74 Å². The number of nitrogens with zero attached hydrogens (tertiary/aromatic N) is 3. The summed E-state index contributed by atoms with van der Waals surface area (Å²) in [6, 6.07) is 3.93. The average Bonchev–Trinajstić information content (AvgIpc) is 3.18. The molecule has 1 aromatic carbocycles. The predicted molar refractivity (Wildman–Crippen MR) is 101 cm³/mol. The summed E-state index contributed by atoms with van der Waals surface area (Å²) < 4.78 is 30.8. The van der Waals surface area contributed by atoms with Gasteiger partial charge in [-0.3, -0.25) is 10.1 Å². The second-order valence-corrected chi connectivity index (χ2v) is 9.81. The van der Waals surface area contributed by atoms with Crippen molar-refractivity contribution in [3.8, 4) is 0 Å². The van der Waals surface area contributed by atoms with Crippen molar-refractivity contribution in [2.45, 2.75) is 37.9 Å². The maximum absolute atomic E-state index is 12.7. The van der Waals surface area contributed by atoms with Crippen LogP contribution in [-0.4, -0.2) is 58.7 Å². The quantitative estimate of drug-likeness (QED) is 0.604. The lowest BCUT2D eigenvalue weighted by molar-refractivity contribution is -0.384. The molecule has 10 nitrogen and oxygen atoms in total. The summed E-state index contributed by atoms with van der Waals surface area (Å²) in [7, 11) is -3.74. The molecule has 28 heavy (non-hydrogen) atoms. The van der Waals surface area contributed by atoms with Gasteiger partial charge in [-0.2, -0.15) is 0 Å². The van der Waals surface area contributed by atoms with Gasteiger partial charge in [0.25, 0.3) is 5.69 Å². The number of fused-ring (bicyclic) bond motifs is 1. The molecular formula is C17H22N4O6S. The summed E-state index contributed by atoms with van der Waals surface area (Å²) in [5.41, 5.74) is -0.137. The van der Waals surface area contributed by atoms with Gasteiger partial charge in [0.2, 0.25) is 15.0 Å². The molecular weight excluding hydrogens is 388 g/mol. The monoisotopic (exact) mass is 410 g/mol. The van der Waals surface area contributed by atoms with E-state index in [0.717, 1.165) is 0 Å². The SMILES string of the molecule is CC(C)(C)OC(=O)N1CC[C@H](CS(=O)(=O)c2nc3ccc([N+](=O)[O-])cc3[nH]2)C1. The molecule has 0 spiro atoms. The van der Waals surface area contributed by atoms with Crippen molar-refractivity contribution in [1.82, 2.24) is 14.9 Å². The summed E-state index contributed by atoms with van der Waals surface area (Å²) in [6.45, 7) is 6.04. The van der Waals surface area contributed by atoms with Crippen LogP contribution in [0.25, 0.3) is 11.0 Å². The van der Waals surface area contributed by atoms with Gasteiger partial charge in [0.1, 0.15) is 5.60 Å². The molecule has 1 amide bonds. The predicted octanol–water partition coefficient (Wildman–Crippen LogP) is 2.50. The van der Waals surface area contributed by atoms with E-state index in [-0.39, 0.29) is 28.0 Å². The van der Waals surface area contributed by atoms with Crippen molar-refractivity contribution in [3.05, 3.63) is 28.3 Å². The summed E-state index contributed by atoms with van der Waals surface area (Å²) in [5, 5.41) is 10.6. The minimum absolute atomic E-state index is 0.149. The van der Waals surface area contributed by atoms with E-state index < -0.39 is 26.5 Å². The van der Waals surface area contributed by atoms with Gasteiger partial charge in [-0.1, -0.05) is 0 Å². The van der Waals surface area contributed by atoms with Crippen molar-refractivity contribution in [3.63, 3.8) is 0 Å². The van der Waals surface area contributed by atoms with Gasteiger partial charge < -0.3 is 14.6 Å². The number of carbonyl (C=O) groups excluding carboxylic acids is 1. The standard InChI is InChI=1S/C17H22N4O6S/c1-17(2,3)27-16(22)20-7-6-11(9-20)10-28(25,26)15-18-13-5-4-12(21(23)24)8-14(13)19-15/h4-5,8,11H,6-7,9-10H2,1-3H3,(H,18,19)/t11-/m0/s1. The molecule has 1 saturated heterocycles. The highest BCUT2D eigenvalue weighted by atomic mass is 32.2. The molecule has 0 saturated carbocycles. The molecule has 1 fully saturated rings. The van der Waals surface area contributed by atoms with E-state index in [1.165, 1.54) is 23.1 Å². The minimum atomic E-state index is -3.74. The molecule has 1 aromatic heterocycles. The number of nitrogens with one attached hydrogen (secondary N) is 1. The Balaban J connectivity index is 1.71. The first-order valence-electron chi connectivity index (χ1n) is 8.79. The molecule has 0 bridgehead atoms. The van der Waals surface area contributed by atoms with E-state index in [1.807, 2.05) is 0 Å². The van der Waals surface area contributed by atoms with Crippen molar-refractivity contribution in [1.29, 1.82) is 0 Å². The first-order valence-corrected chi connectivity index (χ1v) is 10.4. The van der Waals surface area contributed by atoms with Crippen LogP contribution in [0.4, 0.5) is 10.5 Å². The van der Waals surface area contributed by atoms with Gasteiger partial charge >= 0.3 is 6.09 Å². The minimum Gasteiger partial charge on any atom is -0.444 e. The third kappa shape index (κ3) is 4.41. The Bertz CT molecular complexity index is 1020. The Kier molecular flexibility index (Phi) is 5.04. The number of aromatic nitrogens is 2. The summed E-state index contributed by atoms with van der Waals surface area (Å²) in [4.78, 5) is 30.7. The van der Waals surface area contributed by atoms with E-state index >= 15 is 0 Å². The first-order chi connectivity index (χ1) is 12.9. The van der Waals surface area contributed by atoms with Crippen LogP contribution in [-0.2, 0) is 14.6 Å². The Morgan fingerprint density at radius 2 is 2.14 bits per heavy atom. The highest BCUT2D eigenvalue weighted by molar-refractivity contribution is 7.91. The lowest BCUT2D eigenvalue weighted by Gasteiger charge is -2.24. The lowest BCUT2D eigenvalue weighted by atomic mass is 10.2. The zero-order valence-electron chi connectivity index (χ0n) is 15.8. The smallest absolute Gasteiger partial charge is 0.410 e. The van der Waals surface area contributed by atoms with Crippen LogP contribution in [0.5, 0.6) is 0 Å². The van der Waals surface area contributed by atoms with Gasteiger partial charge in [-0.15, -0.1) is 0 Å². The molecule has 0 unspecified atom stereocenters. The highest BCUT2D eigenvalue weighted by Gasteiger charge is 2.33. The van der Waals surface area contributed by atoms with Gasteiger partial charge in [-0.25, -0.2) is 18.2 Å². The van der Waals surface area contributed by atoms with Gasteiger partial charge in [0, 0.05) is 25.2 Å². The van der Waals surface area contributed by atoms with Gasteiger partial charge in [0.15, 0.2) is 0 Å². The number of imidazole rings is 1. The number of sulfone groups is 1. The van der Waals surface area contributed by atoms with Crippen molar-refractivity contribution < 1.29 is 22.9 Å². The number of rotatable bonds is 4. The van der Waals surface area contributed by atoms with E-state index in [1.54, 1.807) is 20.8 Å². The topological polar surface area (TPSA) is 136 Å². The Morgan fingerprint density at radius 3 is 2.79 bits per heavy atom. The number of H-pyrrole nitrogens is 1. The Labute approximate surface area is 161 Å². The largest absolute Gasteiger partial charge is 0.444 e. The number of nitro groups is 1. The van der Waals surface area contributed by atoms with Crippen LogP contribution in [0.1, 0.15) is 27.2 Å². The second-order valence-electron chi connectivity index (χ2n) is 7.86. The molecule has 1 N–H and O–H groups in total. The molecule has 1 aliphatic rings.